The third kappa shape index (κ3) is 2.51. The molecule has 0 aromatic heterocycles. The van der Waals surface area contributed by atoms with Gasteiger partial charge in [0.2, 0.25) is 5.91 Å². The molecule has 0 bridgehead atoms. The average molecular weight is 284 g/mol. The van der Waals surface area contributed by atoms with Crippen molar-refractivity contribution < 1.29 is 18.0 Å². The second kappa shape index (κ2) is 4.52. The number of carbonyl (C=O) groups is 2. The summed E-state index contributed by atoms with van der Waals surface area (Å²) in [4.78, 5) is 23.4. The molecule has 0 radical (unpaired) electrons. The SMILES string of the molecule is Nc1ccc(S(=O)(=O)NC(=O)N2C[C@H](N)C2=O)cc1. The lowest BCUT2D eigenvalue weighted by atomic mass is 10.1. The number of anilines is 1. The molecule has 5 N–H and O–H groups in total. The summed E-state index contributed by atoms with van der Waals surface area (Å²) in [7, 11) is -4.03. The molecule has 0 aliphatic carbocycles. The lowest BCUT2D eigenvalue weighted by Crippen LogP contribution is -2.65. The van der Waals surface area contributed by atoms with Gasteiger partial charge in [0.05, 0.1) is 11.4 Å². The number of β-lactam (4-membered cyclic amide) rings is 1. The molecule has 9 heteroatoms. The van der Waals surface area contributed by atoms with E-state index in [-0.39, 0.29) is 11.4 Å². The van der Waals surface area contributed by atoms with E-state index in [0.29, 0.717) is 5.69 Å². The Bertz CT molecular complexity index is 625. The van der Waals surface area contributed by atoms with Crippen molar-refractivity contribution >= 4 is 27.6 Å². The fourth-order valence-corrected chi connectivity index (χ4v) is 2.46. The highest BCUT2D eigenvalue weighted by Gasteiger charge is 2.39. The van der Waals surface area contributed by atoms with Gasteiger partial charge in [0, 0.05) is 5.69 Å². The van der Waals surface area contributed by atoms with Crippen LogP contribution < -0.4 is 16.2 Å². The Morgan fingerprint density at radius 3 is 2.37 bits per heavy atom. The Balaban J connectivity index is 2.12. The molecule has 1 fully saturated rings. The predicted octanol–water partition coefficient (Wildman–Crippen LogP) is -1.16. The predicted molar refractivity (Wildman–Crippen MR) is 66.3 cm³/mol. The van der Waals surface area contributed by atoms with Crippen LogP contribution in [0.2, 0.25) is 0 Å². The maximum atomic E-state index is 11.8. The van der Waals surface area contributed by atoms with Crippen molar-refractivity contribution in [1.29, 1.82) is 0 Å². The average Bonchev–Trinajstić information content (AvgIpc) is 2.35. The molecule has 3 amide bonds. The molecule has 0 unspecified atom stereocenters. The summed E-state index contributed by atoms with van der Waals surface area (Å²) in [5.41, 5.74) is 11.1. The van der Waals surface area contributed by atoms with Crippen LogP contribution >= 0.6 is 0 Å². The number of likely N-dealkylation sites (tertiary alicyclic amines) is 1. The van der Waals surface area contributed by atoms with Crippen molar-refractivity contribution in [2.24, 2.45) is 5.73 Å². The van der Waals surface area contributed by atoms with Gasteiger partial charge >= 0.3 is 6.03 Å². The fraction of sp³-hybridized carbons (Fsp3) is 0.200. The third-order valence-electron chi connectivity index (χ3n) is 2.62. The van der Waals surface area contributed by atoms with Gasteiger partial charge in [-0.3, -0.25) is 9.69 Å². The van der Waals surface area contributed by atoms with Gasteiger partial charge in [-0.25, -0.2) is 17.9 Å². The number of nitrogens with one attached hydrogen (secondary N) is 1. The standard InChI is InChI=1S/C10H12N4O4S/c11-6-1-3-7(4-2-6)19(17,18)13-10(16)14-5-8(12)9(14)15/h1-4,8H,5,11-12H2,(H,13,16)/t8-/m0/s1. The first-order chi connectivity index (χ1) is 8.81. The smallest absolute Gasteiger partial charge is 0.338 e. The number of benzene rings is 1. The molecule has 1 saturated heterocycles. The number of hydrogen-bond acceptors (Lipinski definition) is 6. The molecular weight excluding hydrogens is 272 g/mol. The van der Waals surface area contributed by atoms with Gasteiger partial charge in [0.15, 0.2) is 0 Å². The van der Waals surface area contributed by atoms with Gasteiger partial charge in [0.25, 0.3) is 10.0 Å². The van der Waals surface area contributed by atoms with E-state index in [1.807, 2.05) is 0 Å². The Morgan fingerprint density at radius 2 is 1.89 bits per heavy atom. The lowest BCUT2D eigenvalue weighted by Gasteiger charge is -2.33. The topological polar surface area (TPSA) is 136 Å². The number of nitrogens with two attached hydrogens (primary N) is 2. The molecule has 1 aromatic rings. The van der Waals surface area contributed by atoms with E-state index in [1.54, 1.807) is 4.72 Å². The minimum atomic E-state index is -4.03. The van der Waals surface area contributed by atoms with Crippen molar-refractivity contribution in [3.63, 3.8) is 0 Å². The molecule has 19 heavy (non-hydrogen) atoms. The monoisotopic (exact) mass is 284 g/mol. The Hall–Kier alpha value is -2.13. The molecule has 102 valence electrons. The summed E-state index contributed by atoms with van der Waals surface area (Å²) >= 11 is 0. The van der Waals surface area contributed by atoms with Crippen LogP contribution in [0.25, 0.3) is 0 Å². The highest BCUT2D eigenvalue weighted by Crippen LogP contribution is 2.13. The van der Waals surface area contributed by atoms with Crippen molar-refractivity contribution in [3.05, 3.63) is 24.3 Å². The molecule has 1 atom stereocenters. The van der Waals surface area contributed by atoms with Crippen LogP contribution in [-0.2, 0) is 14.8 Å². The van der Waals surface area contributed by atoms with Crippen molar-refractivity contribution in [3.8, 4) is 0 Å². The van der Waals surface area contributed by atoms with Crippen LogP contribution in [0.1, 0.15) is 0 Å². The summed E-state index contributed by atoms with van der Waals surface area (Å²) < 4.78 is 25.5. The number of urea groups is 1. The first-order valence-electron chi connectivity index (χ1n) is 5.30. The zero-order chi connectivity index (χ0) is 14.2. The number of sulfonamides is 1. The van der Waals surface area contributed by atoms with Crippen LogP contribution in [0.5, 0.6) is 0 Å². The minimum absolute atomic E-state index is 0.00191. The molecule has 1 aromatic carbocycles. The molecule has 1 aliphatic rings. The van der Waals surface area contributed by atoms with Gasteiger partial charge in [-0.1, -0.05) is 0 Å². The zero-order valence-corrected chi connectivity index (χ0v) is 10.6. The van der Waals surface area contributed by atoms with Gasteiger partial charge in [-0.2, -0.15) is 0 Å². The first-order valence-corrected chi connectivity index (χ1v) is 6.79. The van der Waals surface area contributed by atoms with E-state index in [4.69, 9.17) is 11.5 Å². The number of nitrogens with zero attached hydrogens (tertiary/aromatic N) is 1. The normalized spacial score (nSPS) is 18.9. The number of hydrogen-bond donors (Lipinski definition) is 3. The van der Waals surface area contributed by atoms with Gasteiger partial charge in [-0.15, -0.1) is 0 Å². The number of imide groups is 1. The number of carbonyl (C=O) groups excluding carboxylic acids is 2. The van der Waals surface area contributed by atoms with E-state index in [0.717, 1.165) is 4.90 Å². The van der Waals surface area contributed by atoms with Crippen molar-refractivity contribution in [2.45, 2.75) is 10.9 Å². The second-order valence-electron chi connectivity index (χ2n) is 4.04. The quantitative estimate of drug-likeness (QED) is 0.463. The van der Waals surface area contributed by atoms with Crippen molar-refractivity contribution in [2.75, 3.05) is 12.3 Å². The summed E-state index contributed by atoms with van der Waals surface area (Å²) in [5, 5.41) is 0. The molecule has 1 aliphatic heterocycles. The van der Waals surface area contributed by atoms with Gasteiger partial charge in [-0.05, 0) is 24.3 Å². The van der Waals surface area contributed by atoms with Gasteiger partial charge in [0.1, 0.15) is 6.04 Å². The Kier molecular flexibility index (Phi) is 3.16. The number of amides is 3. The van der Waals surface area contributed by atoms with E-state index < -0.39 is 28.0 Å². The Morgan fingerprint density at radius 1 is 1.32 bits per heavy atom. The maximum Gasteiger partial charge on any atom is 0.338 e. The fourth-order valence-electron chi connectivity index (χ4n) is 1.51. The molecule has 2 rings (SSSR count). The van der Waals surface area contributed by atoms with Crippen LogP contribution in [0.15, 0.2) is 29.2 Å². The highest BCUT2D eigenvalue weighted by molar-refractivity contribution is 7.90. The third-order valence-corrected chi connectivity index (χ3v) is 3.96. The lowest BCUT2D eigenvalue weighted by molar-refractivity contribution is -0.137. The molecule has 0 spiro atoms. The van der Waals surface area contributed by atoms with E-state index >= 15 is 0 Å². The Labute approximate surface area is 109 Å². The number of rotatable bonds is 2. The molecule has 1 heterocycles. The summed E-state index contributed by atoms with van der Waals surface area (Å²) in [5.74, 6) is -0.606. The molecular formula is C10H12N4O4S. The van der Waals surface area contributed by atoms with Crippen molar-refractivity contribution in [1.82, 2.24) is 9.62 Å². The minimum Gasteiger partial charge on any atom is -0.399 e. The molecule has 8 nitrogen and oxygen atoms in total. The highest BCUT2D eigenvalue weighted by atomic mass is 32.2. The second-order valence-corrected chi connectivity index (χ2v) is 5.72. The van der Waals surface area contributed by atoms with E-state index in [9.17, 15) is 18.0 Å². The summed E-state index contributed by atoms with van der Waals surface area (Å²) in [6.07, 6.45) is 0. The first kappa shape index (κ1) is 13.3. The number of nitrogen functional groups attached to an aromatic ring is 1. The van der Waals surface area contributed by atoms with E-state index in [1.165, 1.54) is 24.3 Å². The molecule has 0 saturated carbocycles. The summed E-state index contributed by atoms with van der Waals surface area (Å²) in [6, 6.07) is 3.55. The maximum absolute atomic E-state index is 11.8. The van der Waals surface area contributed by atoms with Crippen LogP contribution in [-0.4, -0.2) is 37.8 Å². The largest absolute Gasteiger partial charge is 0.399 e. The summed E-state index contributed by atoms with van der Waals surface area (Å²) in [6.45, 7) is 0.00191. The van der Waals surface area contributed by atoms with Crippen LogP contribution in [0, 0.1) is 0 Å². The van der Waals surface area contributed by atoms with E-state index in [2.05, 4.69) is 0 Å². The zero-order valence-electron chi connectivity index (χ0n) is 9.74. The van der Waals surface area contributed by atoms with Gasteiger partial charge < -0.3 is 11.5 Å². The van der Waals surface area contributed by atoms with Crippen LogP contribution in [0.3, 0.4) is 0 Å². The van der Waals surface area contributed by atoms with Crippen LogP contribution in [0.4, 0.5) is 10.5 Å².